The van der Waals surface area contributed by atoms with Crippen molar-refractivity contribution in [2.45, 2.75) is 6.61 Å². The van der Waals surface area contributed by atoms with Crippen molar-refractivity contribution < 1.29 is 14.3 Å². The van der Waals surface area contributed by atoms with Gasteiger partial charge in [-0.2, -0.15) is 5.10 Å². The van der Waals surface area contributed by atoms with Crippen LogP contribution in [0.15, 0.2) is 83.8 Å². The molecule has 0 fully saturated rings. The number of aromatic amines is 1. The van der Waals surface area contributed by atoms with Crippen LogP contribution in [0.25, 0.3) is 27.8 Å². The molecule has 0 aliphatic carbocycles. The van der Waals surface area contributed by atoms with Gasteiger partial charge in [0, 0.05) is 18.8 Å². The average Bonchev–Trinajstić information content (AvgIpc) is 3.31. The van der Waals surface area contributed by atoms with E-state index in [9.17, 15) is 9.59 Å². The second kappa shape index (κ2) is 10.6. The highest BCUT2D eigenvalue weighted by molar-refractivity contribution is 6.04. The summed E-state index contributed by atoms with van der Waals surface area (Å²) in [6.45, 7) is 0.695. The molecule has 5 aromatic rings. The normalized spacial score (nSPS) is 12.3. The van der Waals surface area contributed by atoms with Gasteiger partial charge in [0.25, 0.3) is 5.56 Å². The molecule has 206 valence electrons. The Bertz CT molecular complexity index is 1840. The topological polar surface area (TPSA) is 140 Å². The number of aromatic nitrogens is 4. The first-order valence-electron chi connectivity index (χ1n) is 12.9. The second-order valence-electron chi connectivity index (χ2n) is 9.72. The number of benzene rings is 2. The van der Waals surface area contributed by atoms with E-state index in [4.69, 9.17) is 20.3 Å². The number of nitrogens with two attached hydrogens (primary N) is 1. The molecular formula is C30H27N7O4. The molecule has 4 heterocycles. The summed E-state index contributed by atoms with van der Waals surface area (Å²) in [6.07, 6.45) is 4.81. The zero-order valence-electron chi connectivity index (χ0n) is 22.4. The molecule has 1 amide bonds. The molecule has 0 bridgehead atoms. The van der Waals surface area contributed by atoms with Gasteiger partial charge in [0.15, 0.2) is 5.75 Å². The van der Waals surface area contributed by atoms with E-state index in [0.29, 0.717) is 51.9 Å². The van der Waals surface area contributed by atoms with Crippen LogP contribution in [0.4, 0.5) is 11.5 Å². The molecule has 0 spiro atoms. The third-order valence-electron chi connectivity index (χ3n) is 6.51. The summed E-state index contributed by atoms with van der Waals surface area (Å²) >= 11 is 0. The number of hydrogen-bond donors (Lipinski definition) is 3. The van der Waals surface area contributed by atoms with Crippen LogP contribution in [0.2, 0.25) is 0 Å². The number of carbonyl (C=O) groups excluding carboxylic acids is 1. The maximum absolute atomic E-state index is 13.1. The lowest BCUT2D eigenvalue weighted by Crippen LogP contribution is -2.19. The van der Waals surface area contributed by atoms with E-state index in [1.165, 1.54) is 10.8 Å². The van der Waals surface area contributed by atoms with Crippen LogP contribution in [-0.4, -0.2) is 51.2 Å². The Morgan fingerprint density at radius 1 is 1.15 bits per heavy atom. The van der Waals surface area contributed by atoms with E-state index in [1.807, 2.05) is 61.5 Å². The van der Waals surface area contributed by atoms with Gasteiger partial charge in [0.1, 0.15) is 40.5 Å². The van der Waals surface area contributed by atoms with Crippen LogP contribution in [-0.2, 0) is 11.4 Å². The predicted molar refractivity (Wildman–Crippen MR) is 157 cm³/mol. The molecule has 0 atom stereocenters. The van der Waals surface area contributed by atoms with Crippen molar-refractivity contribution in [2.24, 2.45) is 0 Å². The number of carbonyl (C=O) groups is 1. The fourth-order valence-electron chi connectivity index (χ4n) is 4.64. The molecule has 6 rings (SSSR count). The lowest BCUT2D eigenvalue weighted by Gasteiger charge is -2.22. The molecule has 41 heavy (non-hydrogen) atoms. The Balaban J connectivity index is 1.38. The molecule has 1 aliphatic heterocycles. The van der Waals surface area contributed by atoms with Crippen molar-refractivity contribution in [1.82, 2.24) is 24.6 Å². The van der Waals surface area contributed by atoms with Gasteiger partial charge in [0.05, 0.1) is 22.6 Å². The summed E-state index contributed by atoms with van der Waals surface area (Å²) in [6, 6.07) is 18.4. The first-order chi connectivity index (χ1) is 19.9. The maximum Gasteiger partial charge on any atom is 0.261 e. The molecule has 1 aliphatic rings. The van der Waals surface area contributed by atoms with Gasteiger partial charge in [0.2, 0.25) is 5.91 Å². The fraction of sp³-hybridized carbons (Fsp3) is 0.133. The Morgan fingerprint density at radius 3 is 2.66 bits per heavy atom. The SMILES string of the molecule is CN(C)CC=CC(=O)Nc1ccnc2c1OCc1[nH]c(=O)c3c(N)n(-c4ccc(Oc5ccccc5)cc4)nc3c1-2. The average molecular weight is 550 g/mol. The second-order valence-corrected chi connectivity index (χ2v) is 9.72. The number of anilines is 2. The number of pyridine rings is 2. The van der Waals surface area contributed by atoms with Gasteiger partial charge in [-0.3, -0.25) is 14.6 Å². The van der Waals surface area contributed by atoms with Crippen LogP contribution < -0.4 is 26.1 Å². The smallest absolute Gasteiger partial charge is 0.261 e. The van der Waals surface area contributed by atoms with E-state index in [2.05, 4.69) is 15.3 Å². The largest absolute Gasteiger partial charge is 0.483 e. The Kier molecular flexibility index (Phi) is 6.70. The lowest BCUT2D eigenvalue weighted by atomic mass is 10.0. The number of rotatable bonds is 7. The van der Waals surface area contributed by atoms with Crippen LogP contribution >= 0.6 is 0 Å². The van der Waals surface area contributed by atoms with Crippen LogP contribution in [0.5, 0.6) is 17.2 Å². The van der Waals surface area contributed by atoms with Gasteiger partial charge in [-0.25, -0.2) is 4.68 Å². The minimum atomic E-state index is -0.380. The van der Waals surface area contributed by atoms with Crippen molar-refractivity contribution in [3.63, 3.8) is 0 Å². The van der Waals surface area contributed by atoms with Crippen molar-refractivity contribution in [1.29, 1.82) is 0 Å². The maximum atomic E-state index is 13.1. The third kappa shape index (κ3) is 5.01. The third-order valence-corrected chi connectivity index (χ3v) is 6.51. The summed E-state index contributed by atoms with van der Waals surface area (Å²) in [5.41, 5.74) is 9.15. The number of ether oxygens (including phenoxy) is 2. The highest BCUT2D eigenvalue weighted by Crippen LogP contribution is 2.43. The summed E-state index contributed by atoms with van der Waals surface area (Å²) in [5.74, 6) is 1.64. The van der Waals surface area contributed by atoms with Gasteiger partial charge in [-0.15, -0.1) is 0 Å². The highest BCUT2D eigenvalue weighted by Gasteiger charge is 2.29. The van der Waals surface area contributed by atoms with Crippen LogP contribution in [0.1, 0.15) is 5.69 Å². The molecule has 0 saturated heterocycles. The number of nitrogens with one attached hydrogen (secondary N) is 2. The molecule has 4 N–H and O–H groups in total. The molecule has 0 radical (unpaired) electrons. The highest BCUT2D eigenvalue weighted by atomic mass is 16.5. The van der Waals surface area contributed by atoms with Gasteiger partial charge in [-0.05, 0) is 56.6 Å². The van der Waals surface area contributed by atoms with E-state index < -0.39 is 0 Å². The summed E-state index contributed by atoms with van der Waals surface area (Å²) < 4.78 is 13.4. The van der Waals surface area contributed by atoms with Crippen LogP contribution in [0, 0.1) is 0 Å². The summed E-state index contributed by atoms with van der Waals surface area (Å²) in [4.78, 5) is 35.0. The molecule has 3 aromatic heterocycles. The number of amides is 1. The molecule has 2 aromatic carbocycles. The molecule has 11 nitrogen and oxygen atoms in total. The van der Waals surface area contributed by atoms with Gasteiger partial charge in [-0.1, -0.05) is 24.3 Å². The zero-order chi connectivity index (χ0) is 28.5. The number of H-pyrrole nitrogens is 1. The lowest BCUT2D eigenvalue weighted by molar-refractivity contribution is -0.111. The van der Waals surface area contributed by atoms with E-state index in [1.54, 1.807) is 30.5 Å². The summed E-state index contributed by atoms with van der Waals surface area (Å²) in [5, 5.41) is 7.84. The van der Waals surface area contributed by atoms with E-state index >= 15 is 0 Å². The van der Waals surface area contributed by atoms with E-state index in [0.717, 1.165) is 5.75 Å². The number of nitrogen functional groups attached to an aromatic ring is 1. The molecule has 11 heteroatoms. The Morgan fingerprint density at radius 2 is 1.90 bits per heavy atom. The van der Waals surface area contributed by atoms with Crippen molar-refractivity contribution in [3.05, 3.63) is 95.1 Å². The Hall–Kier alpha value is -5.42. The number of para-hydroxylation sites is 1. The number of likely N-dealkylation sites (N-methyl/N-ethyl adjacent to an activating group) is 1. The minimum absolute atomic E-state index is 0.0663. The quantitative estimate of drug-likeness (QED) is 0.258. The number of fused-ring (bicyclic) bond motifs is 5. The minimum Gasteiger partial charge on any atom is -0.483 e. The van der Waals surface area contributed by atoms with Gasteiger partial charge < -0.3 is 30.4 Å². The number of hydrogen-bond acceptors (Lipinski definition) is 8. The van der Waals surface area contributed by atoms with Crippen molar-refractivity contribution >= 4 is 28.3 Å². The molecule has 0 saturated carbocycles. The van der Waals surface area contributed by atoms with Crippen molar-refractivity contribution in [3.8, 4) is 34.2 Å². The van der Waals surface area contributed by atoms with Gasteiger partial charge >= 0.3 is 0 Å². The first-order valence-corrected chi connectivity index (χ1v) is 12.9. The molecule has 0 unspecified atom stereocenters. The van der Waals surface area contributed by atoms with Crippen LogP contribution in [0.3, 0.4) is 0 Å². The van der Waals surface area contributed by atoms with E-state index in [-0.39, 0.29) is 29.3 Å². The zero-order valence-corrected chi connectivity index (χ0v) is 22.4. The predicted octanol–water partition coefficient (Wildman–Crippen LogP) is 4.10. The standard InChI is InChI=1S/C30H27N7O4/c1-36(2)16-6-9-23(38)33-21-14-15-32-27-24-22(17-40-28(21)27)34-30(39)25-26(24)35-37(29(25)31)18-10-12-20(13-11-18)41-19-7-4-3-5-8-19/h3-15H,16-17,31H2,1-2H3,(H,34,39)(H,32,33,38). The fourth-order valence-corrected chi connectivity index (χ4v) is 4.64. The first kappa shape index (κ1) is 25.8. The number of nitrogens with zero attached hydrogens (tertiary/aromatic N) is 4. The van der Waals surface area contributed by atoms with Crippen molar-refractivity contribution in [2.75, 3.05) is 31.7 Å². The molecular weight excluding hydrogens is 522 g/mol. The Labute approximate surface area is 234 Å². The monoisotopic (exact) mass is 549 g/mol. The summed E-state index contributed by atoms with van der Waals surface area (Å²) in [7, 11) is 3.84.